The highest BCUT2D eigenvalue weighted by molar-refractivity contribution is 5.38. The minimum atomic E-state index is 0.0779. The monoisotopic (exact) mass is 309 g/mol. The minimum Gasteiger partial charge on any atom is -0.496 e. The molecule has 0 aromatic heterocycles. The van der Waals surface area contributed by atoms with Gasteiger partial charge in [-0.2, -0.15) is 0 Å². The lowest BCUT2D eigenvalue weighted by atomic mass is 9.90. The average molecular weight is 309 g/mol. The molecule has 2 rings (SSSR count). The molecule has 0 saturated carbocycles. The standard InChI is InChI=1S/C21H27NO/c1-4-22(5-2)16-17-23-18(3)21(19-12-8-6-9-13-19)20-14-10-7-11-15-20/h6-15,21H,3-5,16-17H2,1-2H3. The average Bonchev–Trinajstić information content (AvgIpc) is 2.61. The molecule has 0 amide bonds. The molecule has 0 spiro atoms. The zero-order valence-corrected chi connectivity index (χ0v) is 14.2. The van der Waals surface area contributed by atoms with Crippen LogP contribution in [0, 0.1) is 0 Å². The van der Waals surface area contributed by atoms with Crippen LogP contribution in [0.3, 0.4) is 0 Å². The molecule has 122 valence electrons. The van der Waals surface area contributed by atoms with E-state index in [0.29, 0.717) is 6.61 Å². The van der Waals surface area contributed by atoms with Crippen molar-refractivity contribution < 1.29 is 4.74 Å². The number of benzene rings is 2. The predicted octanol–water partition coefficient (Wildman–Crippen LogP) is 4.69. The lowest BCUT2D eigenvalue weighted by Gasteiger charge is -2.23. The van der Waals surface area contributed by atoms with Gasteiger partial charge in [0.25, 0.3) is 0 Å². The molecule has 0 aliphatic rings. The summed E-state index contributed by atoms with van der Waals surface area (Å²) in [7, 11) is 0. The number of ether oxygens (including phenoxy) is 1. The van der Waals surface area contributed by atoms with E-state index in [9.17, 15) is 0 Å². The van der Waals surface area contributed by atoms with Crippen molar-refractivity contribution in [3.63, 3.8) is 0 Å². The van der Waals surface area contributed by atoms with Crippen LogP contribution < -0.4 is 0 Å². The van der Waals surface area contributed by atoms with Gasteiger partial charge < -0.3 is 9.64 Å². The molecule has 0 saturated heterocycles. The van der Waals surface area contributed by atoms with Gasteiger partial charge in [-0.25, -0.2) is 0 Å². The second-order valence-corrected chi connectivity index (χ2v) is 5.60. The first-order valence-electron chi connectivity index (χ1n) is 8.40. The van der Waals surface area contributed by atoms with Crippen molar-refractivity contribution in [2.24, 2.45) is 0 Å². The van der Waals surface area contributed by atoms with Crippen molar-refractivity contribution in [1.29, 1.82) is 0 Å². The maximum Gasteiger partial charge on any atom is 0.101 e. The molecule has 0 bridgehead atoms. The van der Waals surface area contributed by atoms with Crippen LogP contribution in [0.2, 0.25) is 0 Å². The molecule has 0 atom stereocenters. The molecule has 0 aliphatic carbocycles. The topological polar surface area (TPSA) is 12.5 Å². The summed E-state index contributed by atoms with van der Waals surface area (Å²) in [4.78, 5) is 2.35. The molecule has 0 unspecified atom stereocenters. The van der Waals surface area contributed by atoms with Crippen molar-refractivity contribution >= 4 is 0 Å². The lowest BCUT2D eigenvalue weighted by molar-refractivity contribution is 0.156. The SMILES string of the molecule is C=C(OCCN(CC)CC)C(c1ccccc1)c1ccccc1. The number of hydrogen-bond acceptors (Lipinski definition) is 2. The van der Waals surface area contributed by atoms with Gasteiger partial charge in [-0.15, -0.1) is 0 Å². The summed E-state index contributed by atoms with van der Waals surface area (Å²) in [6, 6.07) is 20.9. The normalized spacial score (nSPS) is 11.0. The highest BCUT2D eigenvalue weighted by atomic mass is 16.5. The lowest BCUT2D eigenvalue weighted by Crippen LogP contribution is -2.27. The molecule has 0 radical (unpaired) electrons. The minimum absolute atomic E-state index is 0.0779. The van der Waals surface area contributed by atoms with Crippen LogP contribution in [-0.4, -0.2) is 31.1 Å². The fourth-order valence-corrected chi connectivity index (χ4v) is 2.78. The van der Waals surface area contributed by atoms with Gasteiger partial charge in [-0.3, -0.25) is 0 Å². The van der Waals surface area contributed by atoms with Gasteiger partial charge in [-0.05, 0) is 24.2 Å². The van der Waals surface area contributed by atoms with Gasteiger partial charge in [0.05, 0.1) is 5.92 Å². The van der Waals surface area contributed by atoms with Gasteiger partial charge in [-0.1, -0.05) is 81.1 Å². The first kappa shape index (κ1) is 17.3. The molecule has 0 aliphatic heterocycles. The second kappa shape index (κ2) is 9.16. The van der Waals surface area contributed by atoms with E-state index in [1.54, 1.807) is 0 Å². The fraction of sp³-hybridized carbons (Fsp3) is 0.333. The summed E-state index contributed by atoms with van der Waals surface area (Å²) >= 11 is 0. The summed E-state index contributed by atoms with van der Waals surface area (Å²) in [5.41, 5.74) is 2.43. The zero-order valence-electron chi connectivity index (χ0n) is 14.2. The Morgan fingerprint density at radius 2 is 1.39 bits per heavy atom. The predicted molar refractivity (Wildman–Crippen MR) is 97.6 cm³/mol. The highest BCUT2D eigenvalue weighted by Gasteiger charge is 2.18. The Kier molecular flexibility index (Phi) is 6.89. The van der Waals surface area contributed by atoms with Gasteiger partial charge in [0.1, 0.15) is 12.4 Å². The van der Waals surface area contributed by atoms with Crippen molar-refractivity contribution in [3.8, 4) is 0 Å². The quantitative estimate of drug-likeness (QED) is 0.623. The van der Waals surface area contributed by atoms with E-state index in [4.69, 9.17) is 4.74 Å². The van der Waals surface area contributed by atoms with E-state index in [0.717, 1.165) is 25.4 Å². The Bertz CT molecular complexity index is 536. The van der Waals surface area contributed by atoms with Crippen LogP contribution >= 0.6 is 0 Å². The van der Waals surface area contributed by atoms with Gasteiger partial charge in [0.15, 0.2) is 0 Å². The molecule has 2 aromatic carbocycles. The summed E-state index contributed by atoms with van der Waals surface area (Å²) < 4.78 is 6.01. The van der Waals surface area contributed by atoms with Crippen molar-refractivity contribution in [3.05, 3.63) is 84.1 Å². The summed E-state index contributed by atoms with van der Waals surface area (Å²) in [6.07, 6.45) is 0. The Hall–Kier alpha value is -2.06. The molecule has 0 heterocycles. The molecule has 2 aromatic rings. The maximum absolute atomic E-state index is 6.01. The molecular formula is C21H27NO. The van der Waals surface area contributed by atoms with E-state index < -0.39 is 0 Å². The number of allylic oxidation sites excluding steroid dienone is 1. The van der Waals surface area contributed by atoms with Crippen LogP contribution in [0.5, 0.6) is 0 Å². The molecule has 0 N–H and O–H groups in total. The number of likely N-dealkylation sites (N-methyl/N-ethyl adjacent to an activating group) is 1. The van der Waals surface area contributed by atoms with Crippen LogP contribution in [0.4, 0.5) is 0 Å². The number of rotatable bonds is 9. The Morgan fingerprint density at radius 3 is 1.83 bits per heavy atom. The molecule has 2 heteroatoms. The van der Waals surface area contributed by atoms with E-state index in [1.807, 2.05) is 12.1 Å². The summed E-state index contributed by atoms with van der Waals surface area (Å²) in [5, 5.41) is 0. The first-order chi connectivity index (χ1) is 11.3. The van der Waals surface area contributed by atoms with E-state index in [2.05, 4.69) is 73.9 Å². The van der Waals surface area contributed by atoms with Crippen molar-refractivity contribution in [2.45, 2.75) is 19.8 Å². The number of nitrogens with zero attached hydrogens (tertiary/aromatic N) is 1. The third kappa shape index (κ3) is 4.97. The van der Waals surface area contributed by atoms with Crippen LogP contribution in [0.1, 0.15) is 30.9 Å². The third-order valence-electron chi connectivity index (χ3n) is 4.18. The Morgan fingerprint density at radius 1 is 0.913 bits per heavy atom. The van der Waals surface area contributed by atoms with E-state index in [-0.39, 0.29) is 5.92 Å². The molecule has 0 fully saturated rings. The zero-order chi connectivity index (χ0) is 16.5. The van der Waals surface area contributed by atoms with Crippen LogP contribution in [-0.2, 0) is 4.74 Å². The smallest absolute Gasteiger partial charge is 0.101 e. The van der Waals surface area contributed by atoms with Gasteiger partial charge >= 0.3 is 0 Å². The molecule has 2 nitrogen and oxygen atoms in total. The second-order valence-electron chi connectivity index (χ2n) is 5.60. The fourth-order valence-electron chi connectivity index (χ4n) is 2.78. The summed E-state index contributed by atoms with van der Waals surface area (Å²) in [5.74, 6) is 0.892. The van der Waals surface area contributed by atoms with Crippen molar-refractivity contribution in [2.75, 3.05) is 26.2 Å². The highest BCUT2D eigenvalue weighted by Crippen LogP contribution is 2.31. The molecule has 23 heavy (non-hydrogen) atoms. The first-order valence-corrected chi connectivity index (χ1v) is 8.40. The van der Waals surface area contributed by atoms with Crippen LogP contribution in [0.15, 0.2) is 73.0 Å². The van der Waals surface area contributed by atoms with Gasteiger partial charge in [0, 0.05) is 6.54 Å². The summed E-state index contributed by atoms with van der Waals surface area (Å²) in [6.45, 7) is 12.3. The largest absolute Gasteiger partial charge is 0.496 e. The molecular weight excluding hydrogens is 282 g/mol. The van der Waals surface area contributed by atoms with Crippen LogP contribution in [0.25, 0.3) is 0 Å². The maximum atomic E-state index is 6.01. The van der Waals surface area contributed by atoms with E-state index >= 15 is 0 Å². The van der Waals surface area contributed by atoms with E-state index in [1.165, 1.54) is 11.1 Å². The Balaban J connectivity index is 2.10. The number of hydrogen-bond donors (Lipinski definition) is 0. The third-order valence-corrected chi connectivity index (χ3v) is 4.18. The van der Waals surface area contributed by atoms with Crippen molar-refractivity contribution in [1.82, 2.24) is 4.90 Å². The van der Waals surface area contributed by atoms with Gasteiger partial charge in [0.2, 0.25) is 0 Å². The Labute approximate surface area is 140 Å².